The highest BCUT2D eigenvalue weighted by Gasteiger charge is 2.76. The van der Waals surface area contributed by atoms with Crippen molar-refractivity contribution in [3.63, 3.8) is 0 Å². The number of fused-ring (bicyclic) bond motifs is 4. The van der Waals surface area contributed by atoms with Crippen LogP contribution >= 0.6 is 39.1 Å². The molecule has 0 bridgehead atoms. The number of para-hydroxylation sites is 1. The summed E-state index contributed by atoms with van der Waals surface area (Å²) >= 11 is 17.5. The molecule has 6 rings (SSSR count). The molecule has 2 aromatic rings. The van der Waals surface area contributed by atoms with E-state index in [1.807, 2.05) is 0 Å². The summed E-state index contributed by atoms with van der Waals surface area (Å²) in [7, 11) is 0. The Morgan fingerprint density at radius 3 is 2.44 bits per heavy atom. The number of carbonyl (C=O) groups excluding carboxylic acids is 4. The van der Waals surface area contributed by atoms with Gasteiger partial charge in [-0.3, -0.25) is 29.0 Å². The van der Waals surface area contributed by atoms with Crippen LogP contribution in [0.1, 0.15) is 40.2 Å². The molecule has 4 aliphatic rings. The lowest BCUT2D eigenvalue weighted by Crippen LogP contribution is -2.60. The highest BCUT2D eigenvalue weighted by Crippen LogP contribution is 2.66. The van der Waals surface area contributed by atoms with Crippen molar-refractivity contribution >= 4 is 74.4 Å². The fourth-order valence-electron chi connectivity index (χ4n) is 7.05. The summed E-state index contributed by atoms with van der Waals surface area (Å²) in [6.45, 7) is 1.69. The molecule has 6 atom stereocenters. The van der Waals surface area contributed by atoms with Gasteiger partial charge in [0.2, 0.25) is 11.8 Å². The highest BCUT2D eigenvalue weighted by atomic mass is 79.9. The first kappa shape index (κ1) is 27.9. The molecule has 1 saturated carbocycles. The molecule has 2 aromatic carbocycles. The number of carboxylic acids is 1. The number of hydrogen-bond acceptors (Lipinski definition) is 6. The first-order chi connectivity index (χ1) is 19.4. The number of imide groups is 2. The third-order valence-corrected chi connectivity index (χ3v) is 10.9. The number of phenols is 1. The van der Waals surface area contributed by atoms with Crippen molar-refractivity contribution in [2.75, 3.05) is 10.4 Å². The van der Waals surface area contributed by atoms with Gasteiger partial charge in [-0.05, 0) is 49.4 Å². The minimum atomic E-state index is -2.01. The van der Waals surface area contributed by atoms with Gasteiger partial charge in [0.25, 0.3) is 11.8 Å². The third kappa shape index (κ3) is 3.56. The van der Waals surface area contributed by atoms with Crippen molar-refractivity contribution in [1.82, 2.24) is 4.90 Å². The number of aromatic hydroxyl groups is 1. The normalized spacial score (nSPS) is 32.5. The van der Waals surface area contributed by atoms with E-state index in [1.54, 1.807) is 31.2 Å². The van der Waals surface area contributed by atoms with Gasteiger partial charge in [-0.1, -0.05) is 51.8 Å². The minimum Gasteiger partial charge on any atom is -0.507 e. The number of rotatable bonds is 4. The van der Waals surface area contributed by atoms with Crippen LogP contribution in [0.3, 0.4) is 0 Å². The van der Waals surface area contributed by atoms with E-state index in [-0.39, 0.29) is 35.3 Å². The number of hydrogen-bond donors (Lipinski definition) is 2. The van der Waals surface area contributed by atoms with Crippen molar-refractivity contribution in [3.05, 3.63) is 70.8 Å². The SMILES string of the molecule is Cc1cccc([C@H]2C3=CC[C@@H]4C(=O)N(c5cccc(C(=O)O)c5)C(=O)[C@@H]4[C@@H]3C[C@@]3(Cl)C(=O)N(CBr)C(=O)[C@@]23Cl)c1O. The molecule has 41 heavy (non-hydrogen) atoms. The van der Waals surface area contributed by atoms with Crippen molar-refractivity contribution in [2.24, 2.45) is 17.8 Å². The lowest BCUT2D eigenvalue weighted by atomic mass is 9.56. The quantitative estimate of drug-likeness (QED) is 0.216. The number of carboxylic acid groups (broad SMARTS) is 1. The van der Waals surface area contributed by atoms with Gasteiger partial charge in [0.15, 0.2) is 9.75 Å². The summed E-state index contributed by atoms with van der Waals surface area (Å²) in [6, 6.07) is 10.6. The molecule has 0 radical (unpaired) electrons. The van der Waals surface area contributed by atoms with Gasteiger partial charge in [-0.15, -0.1) is 23.2 Å². The molecule has 2 heterocycles. The summed E-state index contributed by atoms with van der Waals surface area (Å²) < 4.78 is 0. The predicted octanol–water partition coefficient (Wildman–Crippen LogP) is 4.31. The number of phenolic OH excluding ortho intramolecular Hbond substituents is 1. The van der Waals surface area contributed by atoms with Gasteiger partial charge in [0.05, 0.1) is 28.5 Å². The number of amides is 4. The van der Waals surface area contributed by atoms with Crippen LogP contribution in [-0.2, 0) is 19.2 Å². The van der Waals surface area contributed by atoms with E-state index in [9.17, 15) is 34.2 Å². The van der Waals surface area contributed by atoms with E-state index in [4.69, 9.17) is 23.2 Å². The Balaban J connectivity index is 1.52. The predicted molar refractivity (Wildman–Crippen MR) is 152 cm³/mol. The Kier molecular flexibility index (Phi) is 6.41. The third-order valence-electron chi connectivity index (χ3n) is 8.95. The Labute approximate surface area is 252 Å². The molecule has 3 fully saturated rings. The zero-order chi connectivity index (χ0) is 29.6. The average molecular weight is 662 g/mol. The van der Waals surface area contributed by atoms with Crippen LogP contribution in [-0.4, -0.2) is 59.9 Å². The summed E-state index contributed by atoms with van der Waals surface area (Å²) in [4.78, 5) is 64.7. The van der Waals surface area contributed by atoms with Crippen molar-refractivity contribution in [1.29, 1.82) is 0 Å². The standard InChI is InChI=1S/C29H23BrCl2N2O7/c1-13-4-2-7-18(22(13)35)21-16-8-9-17-20(19(16)11-28(31)26(40)33(12-30)27(41)29(21,28)32)24(37)34(23(17)36)15-6-3-5-14(10-15)25(38)39/h2-8,10,17,19-21,35H,9,11-12H2,1H3,(H,38,39)/t17-,19+,20-,21+,28+,29-/m0/s1. The van der Waals surface area contributed by atoms with Crippen LogP contribution < -0.4 is 4.90 Å². The van der Waals surface area contributed by atoms with Crippen LogP contribution in [0.4, 0.5) is 5.69 Å². The highest BCUT2D eigenvalue weighted by molar-refractivity contribution is 9.09. The smallest absolute Gasteiger partial charge is 0.335 e. The van der Waals surface area contributed by atoms with E-state index < -0.39 is 63.0 Å². The molecule has 2 aliphatic carbocycles. The maximum absolute atomic E-state index is 14.0. The molecule has 0 spiro atoms. The molecular weight excluding hydrogens is 639 g/mol. The van der Waals surface area contributed by atoms with Gasteiger partial charge in [0, 0.05) is 11.5 Å². The Bertz CT molecular complexity index is 1610. The van der Waals surface area contributed by atoms with Crippen molar-refractivity contribution in [2.45, 2.75) is 35.4 Å². The number of nitrogens with zero attached hydrogens (tertiary/aromatic N) is 2. The summed E-state index contributed by atoms with van der Waals surface area (Å²) in [5.41, 5.74) is 1.26. The zero-order valence-corrected chi connectivity index (χ0v) is 24.6. The number of carbonyl (C=O) groups is 5. The van der Waals surface area contributed by atoms with E-state index in [0.29, 0.717) is 16.7 Å². The molecular formula is C29H23BrCl2N2O7. The van der Waals surface area contributed by atoms with Gasteiger partial charge < -0.3 is 10.2 Å². The van der Waals surface area contributed by atoms with E-state index >= 15 is 0 Å². The number of aromatic carboxylic acids is 1. The number of alkyl halides is 3. The van der Waals surface area contributed by atoms with Crippen LogP contribution in [0, 0.1) is 24.7 Å². The maximum Gasteiger partial charge on any atom is 0.335 e. The summed E-state index contributed by atoms with van der Waals surface area (Å²) in [5.74, 6) is -7.38. The fraction of sp³-hybridized carbons (Fsp3) is 0.345. The summed E-state index contributed by atoms with van der Waals surface area (Å²) in [5, 5.41) is 20.6. The lowest BCUT2D eigenvalue weighted by molar-refractivity contribution is -0.138. The number of halogens is 3. The second-order valence-corrected chi connectivity index (χ2v) is 12.6. The van der Waals surface area contributed by atoms with Crippen LogP contribution in [0.5, 0.6) is 5.75 Å². The molecule has 2 N–H and O–H groups in total. The van der Waals surface area contributed by atoms with Crippen LogP contribution in [0.15, 0.2) is 54.1 Å². The van der Waals surface area contributed by atoms with E-state index in [2.05, 4.69) is 15.9 Å². The first-order valence-electron chi connectivity index (χ1n) is 12.9. The molecule has 12 heteroatoms. The maximum atomic E-state index is 14.0. The van der Waals surface area contributed by atoms with Gasteiger partial charge in [0.1, 0.15) is 5.75 Å². The first-order valence-corrected chi connectivity index (χ1v) is 14.8. The fourth-order valence-corrected chi connectivity index (χ4v) is 8.46. The molecule has 4 amide bonds. The van der Waals surface area contributed by atoms with E-state index in [1.165, 1.54) is 24.3 Å². The van der Waals surface area contributed by atoms with Gasteiger partial charge in [-0.25, -0.2) is 4.79 Å². The van der Waals surface area contributed by atoms with Crippen LogP contribution in [0.25, 0.3) is 0 Å². The van der Waals surface area contributed by atoms with Crippen molar-refractivity contribution < 1.29 is 34.2 Å². The molecule has 2 aliphatic heterocycles. The second-order valence-electron chi connectivity index (χ2n) is 10.9. The molecule has 0 aromatic heterocycles. The Morgan fingerprint density at radius 2 is 1.76 bits per heavy atom. The zero-order valence-electron chi connectivity index (χ0n) is 21.5. The number of allylic oxidation sites excluding steroid dienone is 2. The lowest BCUT2D eigenvalue weighted by Gasteiger charge is -2.50. The monoisotopic (exact) mass is 660 g/mol. The molecule has 0 unspecified atom stereocenters. The van der Waals surface area contributed by atoms with Gasteiger partial charge >= 0.3 is 5.97 Å². The average Bonchev–Trinajstić information content (AvgIpc) is 3.28. The molecule has 2 saturated heterocycles. The number of benzene rings is 2. The molecule has 212 valence electrons. The summed E-state index contributed by atoms with van der Waals surface area (Å²) in [6.07, 6.45) is 1.73. The Morgan fingerprint density at radius 1 is 1.05 bits per heavy atom. The number of anilines is 1. The molecule has 9 nitrogen and oxygen atoms in total. The van der Waals surface area contributed by atoms with E-state index in [0.717, 1.165) is 9.80 Å². The van der Waals surface area contributed by atoms with Gasteiger partial charge in [-0.2, -0.15) is 0 Å². The number of aryl methyl sites for hydroxylation is 1. The van der Waals surface area contributed by atoms with Crippen LogP contribution in [0.2, 0.25) is 0 Å². The topological polar surface area (TPSA) is 132 Å². The van der Waals surface area contributed by atoms with Crippen molar-refractivity contribution in [3.8, 4) is 5.75 Å². The Hall–Kier alpha value is -3.21. The largest absolute Gasteiger partial charge is 0.507 e. The minimum absolute atomic E-state index is 0.0824. The second kappa shape index (κ2) is 9.40. The number of likely N-dealkylation sites (tertiary alicyclic amines) is 1.